The standard InChI is InChI=1S/C9H16N2O2S/c1-2-14(12,13)11-9-5-3-8(7-10)4-6-9/h8-9,11H,2-6H2,1H3. The molecule has 0 heterocycles. The minimum atomic E-state index is -3.08. The summed E-state index contributed by atoms with van der Waals surface area (Å²) in [7, 11) is -3.08. The molecule has 14 heavy (non-hydrogen) atoms. The molecule has 1 saturated carbocycles. The Kier molecular flexibility index (Phi) is 3.90. The first-order valence-electron chi connectivity index (χ1n) is 4.97. The number of hydrogen-bond donors (Lipinski definition) is 1. The first-order valence-corrected chi connectivity index (χ1v) is 6.62. The van der Waals surface area contributed by atoms with Gasteiger partial charge in [-0.05, 0) is 32.6 Å². The van der Waals surface area contributed by atoms with Gasteiger partial charge in [0, 0.05) is 12.0 Å². The summed E-state index contributed by atoms with van der Waals surface area (Å²) in [6.45, 7) is 1.63. The van der Waals surface area contributed by atoms with Crippen LogP contribution in [0.25, 0.3) is 0 Å². The van der Waals surface area contributed by atoms with Gasteiger partial charge in [0.25, 0.3) is 0 Å². The Morgan fingerprint density at radius 2 is 1.93 bits per heavy atom. The van der Waals surface area contributed by atoms with Crippen LogP contribution in [0.15, 0.2) is 0 Å². The van der Waals surface area contributed by atoms with Crippen LogP contribution in [0, 0.1) is 17.2 Å². The van der Waals surface area contributed by atoms with E-state index < -0.39 is 10.0 Å². The third-order valence-electron chi connectivity index (χ3n) is 2.64. The second kappa shape index (κ2) is 4.76. The topological polar surface area (TPSA) is 70.0 Å². The molecule has 0 aromatic carbocycles. The molecule has 0 radical (unpaired) electrons. The van der Waals surface area contributed by atoms with Crippen molar-refractivity contribution in [3.63, 3.8) is 0 Å². The average Bonchev–Trinajstić information content (AvgIpc) is 2.19. The van der Waals surface area contributed by atoms with Crippen molar-refractivity contribution in [2.45, 2.75) is 38.6 Å². The van der Waals surface area contributed by atoms with E-state index in [9.17, 15) is 8.42 Å². The van der Waals surface area contributed by atoms with E-state index in [1.54, 1.807) is 6.92 Å². The maximum Gasteiger partial charge on any atom is 0.211 e. The Morgan fingerprint density at radius 3 is 2.36 bits per heavy atom. The van der Waals surface area contributed by atoms with E-state index in [0.29, 0.717) is 0 Å². The van der Waals surface area contributed by atoms with E-state index in [2.05, 4.69) is 10.8 Å². The molecule has 4 nitrogen and oxygen atoms in total. The van der Waals surface area contributed by atoms with Crippen molar-refractivity contribution in [3.05, 3.63) is 0 Å². The summed E-state index contributed by atoms with van der Waals surface area (Å²) in [6.07, 6.45) is 3.20. The molecule has 0 aliphatic heterocycles. The molecule has 0 aromatic heterocycles. The van der Waals surface area contributed by atoms with Crippen LogP contribution < -0.4 is 4.72 Å². The van der Waals surface area contributed by atoms with Crippen LogP contribution in [0.4, 0.5) is 0 Å². The molecule has 0 bridgehead atoms. The number of hydrogen-bond acceptors (Lipinski definition) is 3. The Labute approximate surface area is 85.4 Å². The molecule has 1 rings (SSSR count). The SMILES string of the molecule is CCS(=O)(=O)NC1CCC(C#N)CC1. The predicted octanol–water partition coefficient (Wildman–Crippen LogP) is 1.01. The quantitative estimate of drug-likeness (QED) is 0.765. The van der Waals surface area contributed by atoms with Crippen LogP contribution in [0.3, 0.4) is 0 Å². The molecule has 0 spiro atoms. The van der Waals surface area contributed by atoms with Crippen LogP contribution in [0.2, 0.25) is 0 Å². The number of nitrogens with one attached hydrogen (secondary N) is 1. The zero-order chi connectivity index (χ0) is 10.6. The highest BCUT2D eigenvalue weighted by molar-refractivity contribution is 7.89. The molecule has 80 valence electrons. The summed E-state index contributed by atoms with van der Waals surface area (Å²) in [4.78, 5) is 0. The zero-order valence-electron chi connectivity index (χ0n) is 8.36. The maximum atomic E-state index is 11.2. The van der Waals surface area contributed by atoms with E-state index in [0.717, 1.165) is 25.7 Å². The largest absolute Gasteiger partial charge is 0.212 e. The summed E-state index contributed by atoms with van der Waals surface area (Å²) >= 11 is 0. The first kappa shape index (κ1) is 11.5. The summed E-state index contributed by atoms with van der Waals surface area (Å²) < 4.78 is 25.1. The molecule has 0 saturated heterocycles. The minimum Gasteiger partial charge on any atom is -0.212 e. The van der Waals surface area contributed by atoms with E-state index in [1.165, 1.54) is 0 Å². The molecular weight excluding hydrogens is 200 g/mol. The van der Waals surface area contributed by atoms with Crippen LogP contribution in [0.1, 0.15) is 32.6 Å². The Bertz CT molecular complexity index is 310. The van der Waals surface area contributed by atoms with Crippen molar-refractivity contribution in [3.8, 4) is 6.07 Å². The number of rotatable bonds is 3. The fourth-order valence-electron chi connectivity index (χ4n) is 1.68. The molecule has 1 aliphatic carbocycles. The maximum absolute atomic E-state index is 11.2. The van der Waals surface area contributed by atoms with E-state index in [4.69, 9.17) is 5.26 Å². The molecule has 0 aromatic rings. The van der Waals surface area contributed by atoms with Crippen molar-refractivity contribution < 1.29 is 8.42 Å². The summed E-state index contributed by atoms with van der Waals surface area (Å²) in [5.74, 6) is 0.253. The molecule has 0 unspecified atom stereocenters. The first-order chi connectivity index (χ1) is 6.57. The van der Waals surface area contributed by atoms with Gasteiger partial charge in [0.1, 0.15) is 0 Å². The Balaban J connectivity index is 2.41. The van der Waals surface area contributed by atoms with Crippen molar-refractivity contribution in [1.29, 1.82) is 5.26 Å². The number of nitriles is 1. The van der Waals surface area contributed by atoms with Crippen molar-refractivity contribution in [2.24, 2.45) is 5.92 Å². The van der Waals surface area contributed by atoms with Gasteiger partial charge in [-0.1, -0.05) is 0 Å². The highest BCUT2D eigenvalue weighted by Crippen LogP contribution is 2.23. The second-order valence-electron chi connectivity index (χ2n) is 3.70. The highest BCUT2D eigenvalue weighted by atomic mass is 32.2. The Morgan fingerprint density at radius 1 is 1.36 bits per heavy atom. The fraction of sp³-hybridized carbons (Fsp3) is 0.889. The van der Waals surface area contributed by atoms with Gasteiger partial charge in [-0.2, -0.15) is 5.26 Å². The van der Waals surface area contributed by atoms with Gasteiger partial charge in [0.2, 0.25) is 10.0 Å². The lowest BCUT2D eigenvalue weighted by atomic mass is 9.88. The molecule has 5 heteroatoms. The third kappa shape index (κ3) is 3.28. The van der Waals surface area contributed by atoms with Crippen molar-refractivity contribution in [1.82, 2.24) is 4.72 Å². The lowest BCUT2D eigenvalue weighted by Gasteiger charge is -2.25. The van der Waals surface area contributed by atoms with E-state index in [-0.39, 0.29) is 17.7 Å². The van der Waals surface area contributed by atoms with Crippen LogP contribution >= 0.6 is 0 Å². The summed E-state index contributed by atoms with van der Waals surface area (Å²) in [5.41, 5.74) is 0. The molecule has 1 N–H and O–H groups in total. The van der Waals surface area contributed by atoms with Crippen LogP contribution in [-0.2, 0) is 10.0 Å². The van der Waals surface area contributed by atoms with Gasteiger partial charge in [-0.15, -0.1) is 0 Å². The lowest BCUT2D eigenvalue weighted by Crippen LogP contribution is -2.38. The van der Waals surface area contributed by atoms with E-state index >= 15 is 0 Å². The summed E-state index contributed by atoms with van der Waals surface area (Å²) in [5, 5.41) is 8.67. The monoisotopic (exact) mass is 216 g/mol. The second-order valence-corrected chi connectivity index (χ2v) is 5.74. The van der Waals surface area contributed by atoms with Crippen LogP contribution in [0.5, 0.6) is 0 Å². The van der Waals surface area contributed by atoms with Crippen molar-refractivity contribution in [2.75, 3.05) is 5.75 Å². The molecular formula is C9H16N2O2S. The van der Waals surface area contributed by atoms with Gasteiger partial charge in [0.05, 0.1) is 11.8 Å². The minimum absolute atomic E-state index is 0.0459. The molecule has 0 atom stereocenters. The van der Waals surface area contributed by atoms with Gasteiger partial charge < -0.3 is 0 Å². The molecule has 1 aliphatic rings. The average molecular weight is 216 g/mol. The van der Waals surface area contributed by atoms with Gasteiger partial charge in [-0.3, -0.25) is 0 Å². The van der Waals surface area contributed by atoms with Gasteiger partial charge in [-0.25, -0.2) is 13.1 Å². The van der Waals surface area contributed by atoms with Crippen molar-refractivity contribution >= 4 is 10.0 Å². The fourth-order valence-corrected chi connectivity index (χ4v) is 2.59. The summed E-state index contributed by atoms with van der Waals surface area (Å²) in [6, 6.07) is 2.27. The lowest BCUT2D eigenvalue weighted by molar-refractivity contribution is 0.362. The molecule has 1 fully saturated rings. The number of sulfonamides is 1. The zero-order valence-corrected chi connectivity index (χ0v) is 9.18. The van der Waals surface area contributed by atoms with Crippen LogP contribution in [-0.4, -0.2) is 20.2 Å². The Hall–Kier alpha value is -0.600. The highest BCUT2D eigenvalue weighted by Gasteiger charge is 2.23. The third-order valence-corrected chi connectivity index (χ3v) is 4.09. The van der Waals surface area contributed by atoms with Gasteiger partial charge >= 0.3 is 0 Å². The smallest absolute Gasteiger partial charge is 0.211 e. The molecule has 0 amide bonds. The van der Waals surface area contributed by atoms with E-state index in [1.807, 2.05) is 0 Å². The normalized spacial score (nSPS) is 28.3. The van der Waals surface area contributed by atoms with Gasteiger partial charge in [0.15, 0.2) is 0 Å². The predicted molar refractivity (Wildman–Crippen MR) is 54.0 cm³/mol. The number of nitrogens with zero attached hydrogens (tertiary/aromatic N) is 1.